The van der Waals surface area contributed by atoms with Crippen molar-refractivity contribution in [1.29, 1.82) is 0 Å². The van der Waals surface area contributed by atoms with Gasteiger partial charge in [0.25, 0.3) is 0 Å². The maximum Gasteiger partial charge on any atom is 0.339 e. The molecule has 2 aliphatic carbocycles. The Morgan fingerprint density at radius 1 is 0.600 bits per heavy atom. The molecule has 0 amide bonds. The van der Waals surface area contributed by atoms with Crippen LogP contribution in [0.4, 0.5) is 0 Å². The van der Waals surface area contributed by atoms with Crippen LogP contribution < -0.4 is 0 Å². The number of para-hydroxylation sites is 1. The number of fused-ring (bicyclic) bond motifs is 2. The molecule has 2 bridgehead atoms. The molecule has 2 saturated carbocycles. The predicted octanol–water partition coefficient (Wildman–Crippen LogP) is 15.4. The third-order valence-corrected chi connectivity index (χ3v) is 21.1. The molecule has 7 aromatic rings. The quantitative estimate of drug-likeness (QED) is 0.0286. The Kier molecular flexibility index (Phi) is 28.5. The van der Waals surface area contributed by atoms with Gasteiger partial charge in [-0.3, -0.25) is 14.5 Å². The minimum Gasteiger partial charge on any atom is -0.748 e. The number of carbonyl (C=O) groups is 3. The summed E-state index contributed by atoms with van der Waals surface area (Å²) < 4.78 is 43.3. The smallest absolute Gasteiger partial charge is 0.339 e. The van der Waals surface area contributed by atoms with Crippen molar-refractivity contribution in [3.05, 3.63) is 212 Å². The Hall–Kier alpha value is -6.52. The highest BCUT2D eigenvalue weighted by molar-refractivity contribution is 7.97. The number of nitrogens with zero attached hydrogens (tertiary/aromatic N) is 1. The standard InChI is InChI=1S/C18H35NO3.2C18H15S.C10H16O4S.C7H6O3/c1-2-3-4-5-6-7-8-9-10-11-18(20)22-17-14-19-12-15-21-16-13-19;2*1-4-10-16(11-5-1)19(17-12-6-2-7-13-17)18-14-8-3-9-15-18;1-9(2)7-3-4-10(9,8(11)5-7)6-15(12,13)14;8-6-4-2-1-3-5(6)7(9)10/h2-17H2,1H3;2*1-15H;7H,3-6H2,1-2H3,(H,12,13,14);1-4,8H,(H,9,10)/q;2*+1;;/p-1. The molecule has 0 radical (unpaired) electrons. The van der Waals surface area contributed by atoms with Crippen LogP contribution >= 0.6 is 0 Å². The van der Waals surface area contributed by atoms with E-state index in [2.05, 4.69) is 194 Å². The van der Waals surface area contributed by atoms with Crippen molar-refractivity contribution in [2.24, 2.45) is 16.7 Å². The molecule has 1 aliphatic heterocycles. The first kappa shape index (κ1) is 67.6. The summed E-state index contributed by atoms with van der Waals surface area (Å²) in [6.07, 6.45) is 14.0. The van der Waals surface area contributed by atoms with Crippen molar-refractivity contribution in [3.63, 3.8) is 0 Å². The molecular formula is C71H86NO10S3+. The molecule has 2 atom stereocenters. The number of carbonyl (C=O) groups excluding carboxylic acids is 2. The van der Waals surface area contributed by atoms with E-state index in [1.54, 1.807) is 12.1 Å². The van der Waals surface area contributed by atoms with Gasteiger partial charge in [-0.05, 0) is 116 Å². The lowest BCUT2D eigenvalue weighted by Crippen LogP contribution is -2.42. The van der Waals surface area contributed by atoms with E-state index >= 15 is 0 Å². The van der Waals surface area contributed by atoms with Gasteiger partial charge in [-0.1, -0.05) is 193 Å². The second-order valence-corrected chi connectivity index (χ2v) is 27.4. The first-order valence-corrected chi connectivity index (χ1v) is 33.9. The first-order valence-electron chi connectivity index (χ1n) is 29.9. The fourth-order valence-corrected chi connectivity index (χ4v) is 16.5. The molecule has 7 aromatic carbocycles. The van der Waals surface area contributed by atoms with Gasteiger partial charge in [-0.15, -0.1) is 0 Å². The summed E-state index contributed by atoms with van der Waals surface area (Å²) >= 11 is 0. The molecule has 0 aromatic heterocycles. The summed E-state index contributed by atoms with van der Waals surface area (Å²) in [7, 11) is -4.36. The molecule has 10 rings (SSSR count). The van der Waals surface area contributed by atoms with Crippen LogP contribution in [0.15, 0.2) is 236 Å². The third kappa shape index (κ3) is 21.7. The molecule has 1 heterocycles. The number of Topliss-reactive ketones (excluding diaryl/α,β-unsaturated/α-hetero) is 1. The van der Waals surface area contributed by atoms with Crippen LogP contribution in [0.1, 0.15) is 115 Å². The van der Waals surface area contributed by atoms with Gasteiger partial charge in [0, 0.05) is 37.9 Å². The molecule has 1 saturated heterocycles. The lowest BCUT2D eigenvalue weighted by molar-refractivity contribution is -0.144. The molecule has 14 heteroatoms. The van der Waals surface area contributed by atoms with Crippen LogP contribution in [0, 0.1) is 16.7 Å². The van der Waals surface area contributed by atoms with Gasteiger partial charge in [0.05, 0.1) is 50.9 Å². The molecule has 3 aliphatic rings. The number of carboxylic acid groups (broad SMARTS) is 1. The number of unbranched alkanes of at least 4 members (excludes halogenated alkanes) is 8. The second-order valence-electron chi connectivity index (χ2n) is 21.9. The number of ether oxygens (including phenoxy) is 2. The Labute approximate surface area is 511 Å². The third-order valence-electron chi connectivity index (χ3n) is 15.8. The van der Waals surface area contributed by atoms with Gasteiger partial charge in [0.15, 0.2) is 29.4 Å². The Morgan fingerprint density at radius 3 is 1.31 bits per heavy atom. The van der Waals surface area contributed by atoms with E-state index in [4.69, 9.17) is 19.7 Å². The average molecular weight is 1210 g/mol. The van der Waals surface area contributed by atoms with Crippen molar-refractivity contribution in [3.8, 4) is 5.75 Å². The highest BCUT2D eigenvalue weighted by Gasteiger charge is 2.64. The van der Waals surface area contributed by atoms with Crippen LogP contribution in [-0.2, 0) is 51.0 Å². The minimum atomic E-state index is -4.33. The summed E-state index contributed by atoms with van der Waals surface area (Å²) in [5, 5.41) is 17.3. The zero-order valence-corrected chi connectivity index (χ0v) is 52.1. The number of benzene rings is 7. The van der Waals surface area contributed by atoms with E-state index in [9.17, 15) is 27.4 Å². The largest absolute Gasteiger partial charge is 0.748 e. The number of hydrogen-bond acceptors (Lipinski definition) is 10. The van der Waals surface area contributed by atoms with E-state index < -0.39 is 27.3 Å². The number of rotatable bonds is 22. The molecule has 0 spiro atoms. The van der Waals surface area contributed by atoms with E-state index in [0.717, 1.165) is 52.1 Å². The number of morpholine rings is 1. The van der Waals surface area contributed by atoms with Gasteiger partial charge >= 0.3 is 11.9 Å². The van der Waals surface area contributed by atoms with Gasteiger partial charge in [-0.25, -0.2) is 13.2 Å². The fourth-order valence-electron chi connectivity index (χ4n) is 11.0. The van der Waals surface area contributed by atoms with E-state index in [0.29, 0.717) is 25.9 Å². The number of phenols is 1. The summed E-state index contributed by atoms with van der Waals surface area (Å²) in [5.41, 5.74) is -1.29. The fraction of sp³-hybridized carbons (Fsp3) is 0.366. The number of carboxylic acids is 1. The van der Waals surface area contributed by atoms with Gasteiger partial charge in [0.1, 0.15) is 23.7 Å². The van der Waals surface area contributed by atoms with E-state index in [1.165, 1.54) is 86.5 Å². The zero-order chi connectivity index (χ0) is 60.8. The highest BCUT2D eigenvalue weighted by atomic mass is 32.2. The summed E-state index contributed by atoms with van der Waals surface area (Å²) in [4.78, 5) is 44.2. The molecular weight excluding hydrogens is 1120 g/mol. The molecule has 3 fully saturated rings. The van der Waals surface area contributed by atoms with Gasteiger partial charge in [-0.2, -0.15) is 0 Å². The van der Waals surface area contributed by atoms with Crippen molar-refractivity contribution >= 4 is 49.6 Å². The molecule has 2 unspecified atom stereocenters. The van der Waals surface area contributed by atoms with Crippen LogP contribution in [0.3, 0.4) is 0 Å². The number of aromatic carboxylic acids is 1. The maximum absolute atomic E-state index is 11.8. The highest BCUT2D eigenvalue weighted by Crippen LogP contribution is 2.64. The van der Waals surface area contributed by atoms with Gasteiger partial charge < -0.3 is 24.2 Å². The minimum absolute atomic E-state index is 0.0146. The first-order chi connectivity index (χ1) is 41.1. The lowest BCUT2D eigenvalue weighted by atomic mass is 9.70. The SMILES string of the molecule is CC1(C)C2CCC1(CS(=O)(=O)[O-])C(=O)C2.CCCCCCCCCCCC(=O)OCCN1CCOCC1.O=C(O)c1ccccc1O.c1ccc([S+](c2ccccc2)c2ccccc2)cc1.c1ccc([S+](c2ccccc2)c2ccccc2)cc1. The monoisotopic (exact) mass is 1210 g/mol. The van der Waals surface area contributed by atoms with E-state index in [-0.39, 0.29) is 56.2 Å². The number of aromatic hydroxyl groups is 1. The van der Waals surface area contributed by atoms with Gasteiger partial charge in [0.2, 0.25) is 0 Å². The van der Waals surface area contributed by atoms with E-state index in [1.807, 2.05) is 13.8 Å². The molecule has 85 heavy (non-hydrogen) atoms. The van der Waals surface area contributed by atoms with Crippen molar-refractivity contribution in [2.45, 2.75) is 134 Å². The summed E-state index contributed by atoms with van der Waals surface area (Å²) in [6.45, 7) is 11.0. The Balaban J connectivity index is 0.000000173. The van der Waals surface area contributed by atoms with Crippen molar-refractivity contribution in [2.75, 3.05) is 45.2 Å². The topological polar surface area (TPSA) is 171 Å². The normalized spacial score (nSPS) is 16.7. The lowest BCUT2D eigenvalue weighted by Gasteiger charge is -2.37. The Morgan fingerprint density at radius 2 is 0.976 bits per heavy atom. The molecule has 11 nitrogen and oxygen atoms in total. The van der Waals surface area contributed by atoms with Crippen LogP contribution in [0.2, 0.25) is 0 Å². The number of esters is 1. The van der Waals surface area contributed by atoms with Crippen LogP contribution in [-0.4, -0.2) is 91.0 Å². The maximum atomic E-state index is 11.8. The number of hydrogen-bond donors (Lipinski definition) is 2. The van der Waals surface area contributed by atoms with Crippen molar-refractivity contribution in [1.82, 2.24) is 4.90 Å². The van der Waals surface area contributed by atoms with Crippen LogP contribution in [0.5, 0.6) is 5.75 Å². The number of ketones is 1. The summed E-state index contributed by atoms with van der Waals surface area (Å²) in [6, 6.07) is 70.1. The van der Waals surface area contributed by atoms with Crippen molar-refractivity contribution < 1.29 is 47.0 Å². The zero-order valence-electron chi connectivity index (χ0n) is 49.7. The molecule has 452 valence electrons. The van der Waals surface area contributed by atoms with Crippen LogP contribution in [0.25, 0.3) is 0 Å². The average Bonchev–Trinajstić information content (AvgIpc) is 2.31. The predicted molar refractivity (Wildman–Crippen MR) is 341 cm³/mol. The Bertz CT molecular complexity index is 2830. The summed E-state index contributed by atoms with van der Waals surface area (Å²) in [5.74, 6) is -1.62. The molecule has 2 N–H and O–H groups in total. The second kappa shape index (κ2) is 35.8.